The van der Waals surface area contributed by atoms with Gasteiger partial charge in [0, 0.05) is 112 Å². The number of carbonyl (C=O) groups excluding carboxylic acids is 10. The summed E-state index contributed by atoms with van der Waals surface area (Å²) in [5.41, 5.74) is 7.49. The molecule has 0 bridgehead atoms. The van der Waals surface area contributed by atoms with Gasteiger partial charge >= 0.3 is 29.8 Å². The van der Waals surface area contributed by atoms with Crippen molar-refractivity contribution in [3.63, 3.8) is 0 Å². The number of benzene rings is 10. The molecule has 0 fully saturated rings. The predicted octanol–water partition coefficient (Wildman–Crippen LogP) is 19.4. The minimum absolute atomic E-state index is 0.0337. The number of nitrogens with one attached hydrogen (secondary N) is 4. The fourth-order valence-electron chi connectivity index (χ4n) is 9.46. The topological polar surface area (TPSA) is 265 Å². The summed E-state index contributed by atoms with van der Waals surface area (Å²) in [6.07, 6.45) is 0.345. The van der Waals surface area contributed by atoms with E-state index in [2.05, 4.69) is 87.1 Å². The van der Waals surface area contributed by atoms with E-state index in [0.29, 0.717) is 114 Å². The van der Waals surface area contributed by atoms with Crippen LogP contribution in [0.2, 0.25) is 0 Å². The molecular weight excluding hydrogens is 1390 g/mol. The second-order valence-corrected chi connectivity index (χ2v) is 25.7. The van der Waals surface area contributed by atoms with Crippen molar-refractivity contribution in [3.8, 4) is 28.7 Å². The average Bonchev–Trinajstić information content (AvgIpc) is 0.831. The van der Waals surface area contributed by atoms with Gasteiger partial charge in [-0.2, -0.15) is 0 Å². The first-order valence-corrected chi connectivity index (χ1v) is 34.0. The second kappa shape index (κ2) is 39.2. The minimum Gasteiger partial charge on any atom is -0.423 e. The smallest absolute Gasteiger partial charge is 0.338 e. The van der Waals surface area contributed by atoms with E-state index >= 15 is 0 Å². The Balaban J connectivity index is 0.000000215. The van der Waals surface area contributed by atoms with Gasteiger partial charge in [-0.1, -0.05) is 163 Å². The van der Waals surface area contributed by atoms with E-state index < -0.39 is 29.8 Å². The summed E-state index contributed by atoms with van der Waals surface area (Å²) in [4.78, 5) is 117. The molecule has 10 aromatic rings. The largest absolute Gasteiger partial charge is 0.423 e. The standard InChI is InChI=1S/C19H18O3.4C18H17NO3/c1-12(2)18(20)10-14-5-6-16-11-17(8-7-15(16)9-14)22-19(21)13(3)4;1-11(2)17(20)19-15-9-5-8-14-13(15)7-6-10-16(14)22-18(21)12(3)4;1-11(2)17(20)19-16-7-5-6-13-10-14(8-9-15(13)16)22-18(21)12(3)4;1-11(2)17(20)19-14-8-9-15-13(10-14)6-5-7-16(15)22-18(21)12(3)4;1-11(2)17(20)19-15-9-10-16(22-18(21)12(3)4)14-8-6-5-7-13(14)15/h5-9,11H,1,3,10H2,2,4H3;4*5-10H,1,3H2,2,4H3,(H,19,20). The van der Waals surface area contributed by atoms with Gasteiger partial charge < -0.3 is 45.0 Å². The maximum Gasteiger partial charge on any atom is 0.338 e. The van der Waals surface area contributed by atoms with Crippen molar-refractivity contribution in [2.45, 2.75) is 75.7 Å². The van der Waals surface area contributed by atoms with Crippen molar-refractivity contribution >= 4 is 136 Å². The first-order chi connectivity index (χ1) is 51.9. The molecule has 0 aromatic heterocycles. The quantitative estimate of drug-likeness (QED) is 0.0296. The normalized spacial score (nSPS) is 10.1. The lowest BCUT2D eigenvalue weighted by molar-refractivity contribution is -0.130. The van der Waals surface area contributed by atoms with E-state index in [9.17, 15) is 47.9 Å². The number of carbonyl (C=O) groups is 10. The van der Waals surface area contributed by atoms with Crippen molar-refractivity contribution in [3.05, 3.63) is 309 Å². The molecule has 0 aliphatic carbocycles. The molecule has 10 aromatic carbocycles. The van der Waals surface area contributed by atoms with Crippen LogP contribution in [0.5, 0.6) is 28.7 Å². The van der Waals surface area contributed by atoms with E-state index in [1.807, 2.05) is 91.0 Å². The molecule has 0 aliphatic heterocycles. The van der Waals surface area contributed by atoms with Crippen LogP contribution in [-0.2, 0) is 54.4 Å². The summed E-state index contributed by atoms with van der Waals surface area (Å²) >= 11 is 0. The van der Waals surface area contributed by atoms with Crippen molar-refractivity contribution in [1.82, 2.24) is 0 Å². The molecule has 0 heterocycles. The van der Waals surface area contributed by atoms with Crippen LogP contribution in [0, 0.1) is 0 Å². The SMILES string of the molecule is C=C(C)C(=O)Cc1ccc2cc(OC(=O)C(=C)C)ccc2c1.C=C(C)C(=O)Nc1ccc(OC(=O)C(=C)C)c2ccccc12.C=C(C)C(=O)Nc1ccc2c(OC(=O)C(=C)C)cccc2c1.C=C(C)C(=O)Nc1cccc2c(OC(=O)C(=C)C)cccc12.C=C(C)C(=O)Nc1cccc2cc(OC(=O)C(=C)C)ccc12. The first kappa shape index (κ1) is 84.7. The van der Waals surface area contributed by atoms with Crippen LogP contribution in [0.25, 0.3) is 53.9 Å². The van der Waals surface area contributed by atoms with Crippen LogP contribution < -0.4 is 45.0 Å². The van der Waals surface area contributed by atoms with E-state index in [1.165, 1.54) is 0 Å². The summed E-state index contributed by atoms with van der Waals surface area (Å²) in [7, 11) is 0. The van der Waals surface area contributed by atoms with E-state index in [-0.39, 0.29) is 29.4 Å². The van der Waals surface area contributed by atoms with Crippen LogP contribution in [0.4, 0.5) is 22.7 Å². The molecule has 0 unspecified atom stereocenters. The molecule has 4 N–H and O–H groups in total. The van der Waals surface area contributed by atoms with Crippen molar-refractivity contribution in [2.24, 2.45) is 0 Å². The van der Waals surface area contributed by atoms with Gasteiger partial charge in [-0.3, -0.25) is 24.0 Å². The number of hydrogen-bond donors (Lipinski definition) is 4. The molecule has 110 heavy (non-hydrogen) atoms. The maximum absolute atomic E-state index is 11.8. The summed E-state index contributed by atoms with van der Waals surface area (Å²) in [5, 5.41) is 19.4. The molecule has 0 radical (unpaired) electrons. The summed E-state index contributed by atoms with van der Waals surface area (Å²) in [6.45, 7) is 52.2. The maximum atomic E-state index is 11.8. The van der Waals surface area contributed by atoms with Crippen LogP contribution in [0.3, 0.4) is 0 Å². The van der Waals surface area contributed by atoms with E-state index in [4.69, 9.17) is 23.7 Å². The van der Waals surface area contributed by atoms with Crippen LogP contribution in [-0.4, -0.2) is 59.3 Å². The third-order valence-corrected chi connectivity index (χ3v) is 15.5. The Kier molecular flexibility index (Phi) is 30.2. The number of amides is 4. The number of allylic oxidation sites excluding steroid dienone is 1. The molecule has 0 spiro atoms. The van der Waals surface area contributed by atoms with Gasteiger partial charge in [-0.25, -0.2) is 24.0 Å². The zero-order chi connectivity index (χ0) is 81.4. The lowest BCUT2D eigenvalue weighted by Crippen LogP contribution is -2.12. The summed E-state index contributed by atoms with van der Waals surface area (Å²) < 4.78 is 26.4. The highest BCUT2D eigenvalue weighted by molar-refractivity contribution is 6.12. The molecule has 560 valence electrons. The third kappa shape index (κ3) is 24.4. The van der Waals surface area contributed by atoms with Gasteiger partial charge in [0.05, 0.1) is 0 Å². The van der Waals surface area contributed by atoms with Gasteiger partial charge in [0.2, 0.25) is 0 Å². The highest BCUT2D eigenvalue weighted by Gasteiger charge is 2.18. The number of ketones is 1. The Bertz CT molecular complexity index is 5090. The Hall–Kier alpha value is -14.2. The second-order valence-electron chi connectivity index (χ2n) is 25.7. The van der Waals surface area contributed by atoms with Crippen molar-refractivity contribution in [2.75, 3.05) is 21.3 Å². The first-order valence-electron chi connectivity index (χ1n) is 34.0. The van der Waals surface area contributed by atoms with Gasteiger partial charge in [-0.05, 0) is 187 Å². The molecule has 19 heteroatoms. The highest BCUT2D eigenvalue weighted by atomic mass is 16.6. The van der Waals surface area contributed by atoms with Crippen molar-refractivity contribution < 1.29 is 71.6 Å². The molecule has 0 aliphatic rings. The molecule has 19 nitrogen and oxygen atoms in total. The number of fused-ring (bicyclic) bond motifs is 5. The molecule has 0 saturated carbocycles. The van der Waals surface area contributed by atoms with Gasteiger partial charge in [0.1, 0.15) is 28.7 Å². The lowest BCUT2D eigenvalue weighted by atomic mass is 10.0. The molecule has 0 atom stereocenters. The Labute approximate surface area is 639 Å². The van der Waals surface area contributed by atoms with Crippen LogP contribution >= 0.6 is 0 Å². The number of Topliss-reactive ketones (excluding diaryl/α,β-unsaturated/α-hetero) is 1. The van der Waals surface area contributed by atoms with Crippen LogP contribution in [0.1, 0.15) is 74.8 Å². The zero-order valence-corrected chi connectivity index (χ0v) is 63.2. The average molecular weight is 1480 g/mol. The van der Waals surface area contributed by atoms with Gasteiger partial charge in [0.15, 0.2) is 5.78 Å². The van der Waals surface area contributed by atoms with E-state index in [1.54, 1.807) is 160 Å². The highest BCUT2D eigenvalue weighted by Crippen LogP contribution is 2.35. The number of anilines is 4. The zero-order valence-electron chi connectivity index (χ0n) is 63.2. The van der Waals surface area contributed by atoms with Crippen molar-refractivity contribution in [1.29, 1.82) is 0 Å². The Morgan fingerprint density at radius 2 is 0.609 bits per heavy atom. The fourth-order valence-corrected chi connectivity index (χ4v) is 9.46. The lowest BCUT2D eigenvalue weighted by Gasteiger charge is -2.12. The van der Waals surface area contributed by atoms with Gasteiger partial charge in [0.25, 0.3) is 23.6 Å². The third-order valence-electron chi connectivity index (χ3n) is 15.5. The number of esters is 5. The van der Waals surface area contributed by atoms with E-state index in [0.717, 1.165) is 59.4 Å². The Morgan fingerprint density at radius 3 is 1.09 bits per heavy atom. The minimum atomic E-state index is -0.483. The number of rotatable bonds is 21. The molecule has 10 rings (SSSR count). The number of hydrogen-bond acceptors (Lipinski definition) is 15. The molecular formula is C91H86N4O15. The molecule has 0 saturated heterocycles. The summed E-state index contributed by atoms with van der Waals surface area (Å²) in [6, 6.07) is 54.0. The van der Waals surface area contributed by atoms with Gasteiger partial charge in [-0.15, -0.1) is 0 Å². The van der Waals surface area contributed by atoms with Crippen LogP contribution in [0.15, 0.2) is 304 Å². The number of ether oxygens (including phenoxy) is 5. The summed E-state index contributed by atoms with van der Waals surface area (Å²) in [5.74, 6) is -1.05. The monoisotopic (exact) mass is 1470 g/mol. The Morgan fingerprint density at radius 1 is 0.264 bits per heavy atom. The fraction of sp³-hybridized carbons (Fsp3) is 0.121. The molecule has 4 amide bonds. The predicted molar refractivity (Wildman–Crippen MR) is 439 cm³/mol.